The van der Waals surface area contributed by atoms with Gasteiger partial charge < -0.3 is 20.3 Å². The monoisotopic (exact) mass is 431 g/mol. The molecule has 9 nitrogen and oxygen atoms in total. The van der Waals surface area contributed by atoms with E-state index in [-0.39, 0.29) is 11.9 Å². The average Bonchev–Trinajstić information content (AvgIpc) is 3.27. The number of fused-ring (bicyclic) bond motifs is 2. The lowest BCUT2D eigenvalue weighted by atomic mass is 10.0. The van der Waals surface area contributed by atoms with Gasteiger partial charge in [0.15, 0.2) is 0 Å². The third kappa shape index (κ3) is 3.60. The van der Waals surface area contributed by atoms with Gasteiger partial charge in [-0.25, -0.2) is 9.97 Å². The summed E-state index contributed by atoms with van der Waals surface area (Å²) in [4.78, 5) is 28.8. The molecule has 4 aromatic rings. The minimum absolute atomic E-state index is 0.224. The van der Waals surface area contributed by atoms with Gasteiger partial charge in [-0.2, -0.15) is 4.98 Å². The third-order valence-corrected chi connectivity index (χ3v) is 5.70. The van der Waals surface area contributed by atoms with Crippen LogP contribution in [0.1, 0.15) is 24.2 Å². The van der Waals surface area contributed by atoms with E-state index in [1.807, 2.05) is 40.9 Å². The number of anilines is 2. The van der Waals surface area contributed by atoms with Crippen molar-refractivity contribution in [2.24, 2.45) is 0 Å². The predicted molar refractivity (Wildman–Crippen MR) is 124 cm³/mol. The van der Waals surface area contributed by atoms with E-state index < -0.39 is 0 Å². The second kappa shape index (κ2) is 8.08. The topological polar surface area (TPSA) is 96.7 Å². The Balaban J connectivity index is 1.57. The number of rotatable bonds is 4. The van der Waals surface area contributed by atoms with E-state index >= 15 is 0 Å². The van der Waals surface area contributed by atoms with Crippen molar-refractivity contribution in [3.63, 3.8) is 0 Å². The summed E-state index contributed by atoms with van der Waals surface area (Å²) in [6.07, 6.45) is 5.24. The Kier molecular flexibility index (Phi) is 5.10. The van der Waals surface area contributed by atoms with E-state index in [9.17, 15) is 4.79 Å². The first kappa shape index (κ1) is 20.2. The maximum absolute atomic E-state index is 13.3. The lowest BCUT2D eigenvalue weighted by molar-refractivity contribution is 0.102. The molecule has 3 aromatic heterocycles. The summed E-state index contributed by atoms with van der Waals surface area (Å²) in [6, 6.07) is 10.3. The average molecular weight is 432 g/mol. The third-order valence-electron chi connectivity index (χ3n) is 5.70. The number of nitrogens with zero attached hydrogens (tertiary/aromatic N) is 5. The first-order chi connectivity index (χ1) is 15.5. The van der Waals surface area contributed by atoms with Crippen molar-refractivity contribution in [2.45, 2.75) is 25.9 Å². The first-order valence-corrected chi connectivity index (χ1v) is 10.6. The van der Waals surface area contributed by atoms with Gasteiger partial charge >= 0.3 is 6.01 Å². The molecular formula is C23H25N7O2. The van der Waals surface area contributed by atoms with Crippen LogP contribution in [0.5, 0.6) is 6.01 Å². The summed E-state index contributed by atoms with van der Waals surface area (Å²) in [7, 11) is 1.52. The van der Waals surface area contributed by atoms with E-state index in [1.165, 1.54) is 7.11 Å². The molecule has 0 bridgehead atoms. The lowest BCUT2D eigenvalue weighted by Gasteiger charge is -2.38. The van der Waals surface area contributed by atoms with Crippen molar-refractivity contribution >= 4 is 34.0 Å². The van der Waals surface area contributed by atoms with Gasteiger partial charge in [0.05, 0.1) is 18.2 Å². The van der Waals surface area contributed by atoms with Crippen LogP contribution in [0.2, 0.25) is 0 Å². The molecule has 2 N–H and O–H groups in total. The molecule has 2 atom stereocenters. The molecule has 1 aliphatic rings. The number of carbonyl (C=O) groups excluding carboxylic acids is 1. The number of methoxy groups -OCH3 is 1. The number of aromatic nitrogens is 4. The van der Waals surface area contributed by atoms with Gasteiger partial charge in [-0.1, -0.05) is 6.07 Å². The molecule has 1 fully saturated rings. The quantitative estimate of drug-likeness (QED) is 0.513. The molecule has 1 aliphatic heterocycles. The molecule has 32 heavy (non-hydrogen) atoms. The van der Waals surface area contributed by atoms with Gasteiger partial charge in [0.2, 0.25) is 0 Å². The number of carbonyl (C=O) groups is 1. The van der Waals surface area contributed by atoms with Gasteiger partial charge in [0.25, 0.3) is 5.91 Å². The lowest BCUT2D eigenvalue weighted by Crippen LogP contribution is -2.54. The van der Waals surface area contributed by atoms with Gasteiger partial charge in [-0.05, 0) is 38.1 Å². The molecule has 1 saturated heterocycles. The van der Waals surface area contributed by atoms with Gasteiger partial charge in [0.1, 0.15) is 11.5 Å². The number of nitrogens with one attached hydrogen (secondary N) is 2. The highest BCUT2D eigenvalue weighted by molar-refractivity contribution is 6.13. The van der Waals surface area contributed by atoms with Crippen molar-refractivity contribution in [1.29, 1.82) is 0 Å². The van der Waals surface area contributed by atoms with Crippen LogP contribution in [0.4, 0.5) is 11.5 Å². The summed E-state index contributed by atoms with van der Waals surface area (Å²) >= 11 is 0. The van der Waals surface area contributed by atoms with Gasteiger partial charge in [0, 0.05) is 54.8 Å². The van der Waals surface area contributed by atoms with Crippen molar-refractivity contribution in [1.82, 2.24) is 24.7 Å². The van der Waals surface area contributed by atoms with Crippen LogP contribution < -0.4 is 20.3 Å². The summed E-state index contributed by atoms with van der Waals surface area (Å²) in [5.74, 6) is 0.374. The van der Waals surface area contributed by atoms with E-state index in [4.69, 9.17) is 4.74 Å². The van der Waals surface area contributed by atoms with E-state index in [0.717, 1.165) is 29.8 Å². The van der Waals surface area contributed by atoms with E-state index in [2.05, 4.69) is 44.3 Å². The zero-order valence-corrected chi connectivity index (χ0v) is 18.2. The standard InChI is InChI=1S/C23H25N7O2/c1-14-12-29(13-15(2)26-14)18-8-7-16(21-17(18)11-25-23(28-21)32-3)22(31)27-20-6-4-5-19-24-9-10-30(19)20/h4-11,14-15,26H,12-13H2,1-3H3,(H,27,31)/t14-,15+. The molecular weight excluding hydrogens is 406 g/mol. The number of amides is 1. The fourth-order valence-electron chi connectivity index (χ4n) is 4.40. The maximum Gasteiger partial charge on any atom is 0.316 e. The maximum atomic E-state index is 13.3. The fraction of sp³-hybridized carbons (Fsp3) is 0.304. The molecule has 0 aliphatic carbocycles. The van der Waals surface area contributed by atoms with Crippen LogP contribution in [-0.4, -0.2) is 57.5 Å². The molecule has 0 spiro atoms. The number of imidazole rings is 1. The molecule has 0 radical (unpaired) electrons. The Labute approximate surface area is 185 Å². The SMILES string of the molecule is COc1ncc2c(N3C[C@@H](C)N[C@@H](C)C3)ccc(C(=O)Nc3cccc4nccn34)c2n1. The molecule has 0 unspecified atom stereocenters. The smallest absolute Gasteiger partial charge is 0.316 e. The van der Waals surface area contributed by atoms with Crippen LogP contribution in [0.25, 0.3) is 16.6 Å². The molecule has 0 saturated carbocycles. The molecule has 164 valence electrons. The minimum atomic E-state index is -0.259. The van der Waals surface area contributed by atoms with E-state index in [0.29, 0.717) is 29.0 Å². The second-order valence-electron chi connectivity index (χ2n) is 8.15. The van der Waals surface area contributed by atoms with Crippen molar-refractivity contribution in [2.75, 3.05) is 30.4 Å². The largest absolute Gasteiger partial charge is 0.467 e. The molecule has 1 amide bonds. The highest BCUT2D eigenvalue weighted by Gasteiger charge is 2.24. The summed E-state index contributed by atoms with van der Waals surface area (Å²) in [6.45, 7) is 6.06. The molecule has 5 rings (SSSR count). The van der Waals surface area contributed by atoms with Crippen LogP contribution in [0, 0.1) is 0 Å². The van der Waals surface area contributed by atoms with Crippen molar-refractivity contribution < 1.29 is 9.53 Å². The molecule has 9 heteroatoms. The highest BCUT2D eigenvalue weighted by atomic mass is 16.5. The Morgan fingerprint density at radius 1 is 1.16 bits per heavy atom. The van der Waals surface area contributed by atoms with Crippen molar-refractivity contribution in [3.05, 3.63) is 54.5 Å². The molecule has 1 aromatic carbocycles. The number of hydrogen-bond donors (Lipinski definition) is 2. The van der Waals surface area contributed by atoms with Gasteiger partial charge in [-0.15, -0.1) is 0 Å². The zero-order valence-electron chi connectivity index (χ0n) is 18.2. The fourth-order valence-corrected chi connectivity index (χ4v) is 4.40. The molecule has 4 heterocycles. The summed E-state index contributed by atoms with van der Waals surface area (Å²) in [5, 5.41) is 7.36. The van der Waals surface area contributed by atoms with Crippen LogP contribution in [0.3, 0.4) is 0 Å². The Bertz CT molecular complexity index is 1290. The first-order valence-electron chi connectivity index (χ1n) is 10.6. The summed E-state index contributed by atoms with van der Waals surface area (Å²) in [5.41, 5.74) is 2.78. The van der Waals surface area contributed by atoms with Crippen molar-refractivity contribution in [3.8, 4) is 6.01 Å². The predicted octanol–water partition coefficient (Wildman–Crippen LogP) is 2.73. The Morgan fingerprint density at radius 2 is 1.97 bits per heavy atom. The minimum Gasteiger partial charge on any atom is -0.467 e. The zero-order chi connectivity index (χ0) is 22.2. The normalized spacial score (nSPS) is 18.8. The van der Waals surface area contributed by atoms with Crippen LogP contribution in [-0.2, 0) is 0 Å². The van der Waals surface area contributed by atoms with Gasteiger partial charge in [-0.3, -0.25) is 9.20 Å². The van der Waals surface area contributed by atoms with Crippen LogP contribution >= 0.6 is 0 Å². The second-order valence-corrected chi connectivity index (χ2v) is 8.15. The Hall–Kier alpha value is -3.72. The Morgan fingerprint density at radius 3 is 2.75 bits per heavy atom. The highest BCUT2D eigenvalue weighted by Crippen LogP contribution is 2.31. The van der Waals surface area contributed by atoms with Crippen LogP contribution in [0.15, 0.2) is 48.9 Å². The number of ether oxygens (including phenoxy) is 1. The summed E-state index contributed by atoms with van der Waals surface area (Å²) < 4.78 is 7.08. The van der Waals surface area contributed by atoms with E-state index in [1.54, 1.807) is 12.4 Å². The number of hydrogen-bond acceptors (Lipinski definition) is 7. The number of piperazine rings is 1. The number of benzene rings is 1. The number of pyridine rings is 1.